The van der Waals surface area contributed by atoms with Gasteiger partial charge in [0.1, 0.15) is 11.8 Å². The zero-order valence-corrected chi connectivity index (χ0v) is 9.26. The molecule has 0 amide bonds. The van der Waals surface area contributed by atoms with Gasteiger partial charge in [0, 0.05) is 0 Å². The van der Waals surface area contributed by atoms with Gasteiger partial charge in [-0.3, -0.25) is 4.90 Å². The Bertz CT molecular complexity index is 391. The first-order chi connectivity index (χ1) is 7.81. The molecule has 0 bridgehead atoms. The molecule has 1 aliphatic heterocycles. The third-order valence-corrected chi connectivity index (χ3v) is 3.06. The molecule has 0 saturated carbocycles. The number of aromatic hydroxyl groups is 1. The van der Waals surface area contributed by atoms with Crippen LogP contribution in [0.4, 0.5) is 0 Å². The third-order valence-electron chi connectivity index (χ3n) is 3.06. The number of phenols is 1. The molecule has 2 rings (SSSR count). The summed E-state index contributed by atoms with van der Waals surface area (Å²) in [4.78, 5) is 2.19. The van der Waals surface area contributed by atoms with Crippen molar-refractivity contribution in [3.63, 3.8) is 0 Å². The summed E-state index contributed by atoms with van der Waals surface area (Å²) in [5, 5.41) is 18.7. The predicted octanol–water partition coefficient (Wildman–Crippen LogP) is 2.44. The first kappa shape index (κ1) is 11.0. The van der Waals surface area contributed by atoms with Gasteiger partial charge in [-0.25, -0.2) is 0 Å². The van der Waals surface area contributed by atoms with E-state index in [0.717, 1.165) is 31.5 Å². The first-order valence-corrected chi connectivity index (χ1v) is 5.74. The number of nitriles is 1. The number of benzene rings is 1. The SMILES string of the molecule is N#C[C@@H](c1cccc(O)c1)N1CCCCC1. The second kappa shape index (κ2) is 5.00. The van der Waals surface area contributed by atoms with Gasteiger partial charge in [-0.15, -0.1) is 0 Å². The normalized spacial score (nSPS) is 18.9. The van der Waals surface area contributed by atoms with E-state index in [0.29, 0.717) is 0 Å². The van der Waals surface area contributed by atoms with Crippen molar-refractivity contribution in [2.45, 2.75) is 25.3 Å². The van der Waals surface area contributed by atoms with E-state index in [1.54, 1.807) is 18.2 Å². The lowest BCUT2D eigenvalue weighted by molar-refractivity contribution is 0.196. The van der Waals surface area contributed by atoms with Crippen molar-refractivity contribution in [2.24, 2.45) is 0 Å². The Labute approximate surface area is 95.9 Å². The molecule has 1 aromatic carbocycles. The van der Waals surface area contributed by atoms with E-state index in [2.05, 4.69) is 11.0 Å². The van der Waals surface area contributed by atoms with E-state index in [9.17, 15) is 10.4 Å². The molecule has 1 atom stereocenters. The standard InChI is InChI=1S/C13H16N2O/c14-10-13(15-7-2-1-3-8-15)11-5-4-6-12(16)9-11/h4-6,9,13,16H,1-3,7-8H2/t13-/m0/s1. The molecule has 84 valence electrons. The summed E-state index contributed by atoms with van der Waals surface area (Å²) in [6.45, 7) is 1.96. The van der Waals surface area contributed by atoms with Crippen molar-refractivity contribution in [2.75, 3.05) is 13.1 Å². The van der Waals surface area contributed by atoms with Crippen LogP contribution < -0.4 is 0 Å². The molecule has 0 radical (unpaired) electrons. The molecule has 0 spiro atoms. The molecule has 16 heavy (non-hydrogen) atoms. The maximum absolute atomic E-state index is 9.43. The molecule has 1 heterocycles. The van der Waals surface area contributed by atoms with Gasteiger partial charge in [0.15, 0.2) is 0 Å². The summed E-state index contributed by atoms with van der Waals surface area (Å²) in [5.41, 5.74) is 0.893. The molecule has 1 saturated heterocycles. The van der Waals surface area contributed by atoms with Crippen molar-refractivity contribution in [3.05, 3.63) is 29.8 Å². The van der Waals surface area contributed by atoms with Crippen LogP contribution in [0.25, 0.3) is 0 Å². The van der Waals surface area contributed by atoms with Crippen LogP contribution in [0.5, 0.6) is 5.75 Å². The monoisotopic (exact) mass is 216 g/mol. The van der Waals surface area contributed by atoms with Gasteiger partial charge >= 0.3 is 0 Å². The number of hydrogen-bond acceptors (Lipinski definition) is 3. The smallest absolute Gasteiger partial charge is 0.123 e. The minimum Gasteiger partial charge on any atom is -0.508 e. The van der Waals surface area contributed by atoms with Crippen molar-refractivity contribution in [1.29, 1.82) is 5.26 Å². The maximum atomic E-state index is 9.43. The molecular formula is C13H16N2O. The molecule has 0 unspecified atom stereocenters. The lowest BCUT2D eigenvalue weighted by Gasteiger charge is -2.30. The summed E-state index contributed by atoms with van der Waals surface area (Å²) >= 11 is 0. The molecule has 1 aliphatic rings. The van der Waals surface area contributed by atoms with Crippen LogP contribution in [-0.4, -0.2) is 23.1 Å². The number of hydrogen-bond donors (Lipinski definition) is 1. The fourth-order valence-electron chi connectivity index (χ4n) is 2.24. The number of phenolic OH excluding ortho intramolecular Hbond substituents is 1. The van der Waals surface area contributed by atoms with E-state index in [4.69, 9.17) is 0 Å². The Kier molecular flexibility index (Phi) is 3.43. The highest BCUT2D eigenvalue weighted by molar-refractivity contribution is 5.32. The second-order valence-corrected chi connectivity index (χ2v) is 4.22. The van der Waals surface area contributed by atoms with Crippen LogP contribution in [0.2, 0.25) is 0 Å². The van der Waals surface area contributed by atoms with Gasteiger partial charge in [-0.1, -0.05) is 18.6 Å². The van der Waals surface area contributed by atoms with Gasteiger partial charge in [0.25, 0.3) is 0 Å². The van der Waals surface area contributed by atoms with E-state index >= 15 is 0 Å². The summed E-state index contributed by atoms with van der Waals surface area (Å²) in [5.74, 6) is 0.231. The average Bonchev–Trinajstić information content (AvgIpc) is 2.31. The van der Waals surface area contributed by atoms with Crippen LogP contribution in [0.3, 0.4) is 0 Å². The Morgan fingerprint density at radius 1 is 1.25 bits per heavy atom. The van der Waals surface area contributed by atoms with Gasteiger partial charge < -0.3 is 5.11 Å². The van der Waals surface area contributed by atoms with Crippen molar-refractivity contribution in [3.8, 4) is 11.8 Å². The van der Waals surface area contributed by atoms with E-state index < -0.39 is 0 Å². The molecular weight excluding hydrogens is 200 g/mol. The van der Waals surface area contributed by atoms with Gasteiger partial charge in [-0.05, 0) is 43.6 Å². The summed E-state index contributed by atoms with van der Waals surface area (Å²) in [7, 11) is 0. The maximum Gasteiger partial charge on any atom is 0.123 e. The van der Waals surface area contributed by atoms with Crippen molar-refractivity contribution >= 4 is 0 Å². The minimum absolute atomic E-state index is 0.215. The molecule has 0 aromatic heterocycles. The molecule has 1 aromatic rings. The van der Waals surface area contributed by atoms with Crippen LogP contribution >= 0.6 is 0 Å². The summed E-state index contributed by atoms with van der Waals surface area (Å²) in [6, 6.07) is 9.13. The van der Waals surface area contributed by atoms with Crippen LogP contribution in [0.15, 0.2) is 24.3 Å². The zero-order valence-electron chi connectivity index (χ0n) is 9.26. The number of rotatable bonds is 2. The highest BCUT2D eigenvalue weighted by Gasteiger charge is 2.21. The molecule has 1 fully saturated rings. The molecule has 3 nitrogen and oxygen atoms in total. The van der Waals surface area contributed by atoms with Gasteiger partial charge in [0.2, 0.25) is 0 Å². The van der Waals surface area contributed by atoms with Gasteiger partial charge in [-0.2, -0.15) is 5.26 Å². The topological polar surface area (TPSA) is 47.3 Å². The lowest BCUT2D eigenvalue weighted by Crippen LogP contribution is -2.33. The van der Waals surface area contributed by atoms with Crippen LogP contribution in [0, 0.1) is 11.3 Å². The highest BCUT2D eigenvalue weighted by Crippen LogP contribution is 2.25. The molecule has 1 N–H and O–H groups in total. The second-order valence-electron chi connectivity index (χ2n) is 4.22. The molecule has 3 heteroatoms. The number of likely N-dealkylation sites (tertiary alicyclic amines) is 1. The van der Waals surface area contributed by atoms with Crippen LogP contribution in [0.1, 0.15) is 30.9 Å². The first-order valence-electron chi connectivity index (χ1n) is 5.74. The van der Waals surface area contributed by atoms with Crippen LogP contribution in [-0.2, 0) is 0 Å². The summed E-state index contributed by atoms with van der Waals surface area (Å²) < 4.78 is 0. The zero-order chi connectivity index (χ0) is 11.4. The number of nitrogens with zero attached hydrogens (tertiary/aromatic N) is 2. The van der Waals surface area contributed by atoms with Crippen molar-refractivity contribution < 1.29 is 5.11 Å². The minimum atomic E-state index is -0.215. The Morgan fingerprint density at radius 3 is 2.62 bits per heavy atom. The average molecular weight is 216 g/mol. The van der Waals surface area contributed by atoms with E-state index in [1.165, 1.54) is 6.42 Å². The Morgan fingerprint density at radius 2 is 2.00 bits per heavy atom. The Balaban J connectivity index is 2.18. The van der Waals surface area contributed by atoms with E-state index in [-0.39, 0.29) is 11.8 Å². The van der Waals surface area contributed by atoms with E-state index in [1.807, 2.05) is 6.07 Å². The van der Waals surface area contributed by atoms with Crippen molar-refractivity contribution in [1.82, 2.24) is 4.90 Å². The highest BCUT2D eigenvalue weighted by atomic mass is 16.3. The quantitative estimate of drug-likeness (QED) is 0.826. The predicted molar refractivity (Wildman–Crippen MR) is 61.9 cm³/mol. The molecule has 0 aliphatic carbocycles. The van der Waals surface area contributed by atoms with Gasteiger partial charge in [0.05, 0.1) is 6.07 Å². The largest absolute Gasteiger partial charge is 0.508 e. The summed E-state index contributed by atoms with van der Waals surface area (Å²) in [6.07, 6.45) is 3.59. The number of piperidine rings is 1. The lowest BCUT2D eigenvalue weighted by atomic mass is 10.0. The fourth-order valence-corrected chi connectivity index (χ4v) is 2.24. The third kappa shape index (κ3) is 2.34. The Hall–Kier alpha value is -1.53. The fraction of sp³-hybridized carbons (Fsp3) is 0.462.